The zero-order valence-electron chi connectivity index (χ0n) is 27.7. The number of carbonyl (C=O) groups is 2. The van der Waals surface area contributed by atoms with E-state index >= 15 is 0 Å². The fraction of sp³-hybridized carbons (Fsp3) is 0.500. The second-order valence-electron chi connectivity index (χ2n) is 11.1. The van der Waals surface area contributed by atoms with E-state index < -0.39 is 0 Å². The summed E-state index contributed by atoms with van der Waals surface area (Å²) >= 11 is 0. The quantitative estimate of drug-likeness (QED) is 0.245. The van der Waals surface area contributed by atoms with Crippen molar-refractivity contribution in [2.24, 2.45) is 11.3 Å². The van der Waals surface area contributed by atoms with Crippen molar-refractivity contribution in [2.45, 2.75) is 109 Å². The van der Waals surface area contributed by atoms with E-state index in [-0.39, 0.29) is 17.6 Å². The Labute approximate surface area is 246 Å². The number of benzene rings is 3. The maximum Gasteiger partial charge on any atom is 0.160 e. The number of hydrogen-bond donors (Lipinski definition) is 2. The third kappa shape index (κ3) is 15.5. The minimum Gasteiger partial charge on any atom is -0.399 e. The first-order chi connectivity index (χ1) is 18.7. The summed E-state index contributed by atoms with van der Waals surface area (Å²) in [6.07, 6.45) is 1.92. The van der Waals surface area contributed by atoms with Crippen LogP contribution in [0.15, 0.2) is 60.7 Å². The highest BCUT2D eigenvalue weighted by Crippen LogP contribution is 2.29. The molecule has 0 fully saturated rings. The van der Waals surface area contributed by atoms with Crippen LogP contribution >= 0.6 is 0 Å². The second kappa shape index (κ2) is 20.7. The Balaban J connectivity index is 0. The number of hydrogen-bond acceptors (Lipinski definition) is 4. The summed E-state index contributed by atoms with van der Waals surface area (Å²) in [4.78, 5) is 21.6. The third-order valence-corrected chi connectivity index (χ3v) is 6.31. The molecule has 0 aliphatic rings. The van der Waals surface area contributed by atoms with E-state index in [0.717, 1.165) is 39.2 Å². The van der Waals surface area contributed by atoms with Crippen molar-refractivity contribution < 1.29 is 9.59 Å². The van der Waals surface area contributed by atoms with Crippen molar-refractivity contribution in [3.8, 4) is 0 Å². The number of ketones is 2. The van der Waals surface area contributed by atoms with Crippen LogP contribution in [0, 0.1) is 11.3 Å². The molecule has 4 nitrogen and oxygen atoms in total. The van der Waals surface area contributed by atoms with Gasteiger partial charge in [0.25, 0.3) is 0 Å². The Kier molecular flexibility index (Phi) is 20.2. The highest BCUT2D eigenvalue weighted by Gasteiger charge is 2.14. The SMILES string of the molecule is CC.CC(=O)c1cccc2c(NC(C)c3cccc(N)c3)cccc12.CC(C)C(C)(C)C.CCC.CCC(C)=O. The predicted octanol–water partition coefficient (Wildman–Crippen LogP) is 10.9. The lowest BCUT2D eigenvalue weighted by Crippen LogP contribution is -2.12. The Morgan fingerprint density at radius 2 is 1.27 bits per heavy atom. The van der Waals surface area contributed by atoms with Crippen LogP contribution in [0.25, 0.3) is 10.8 Å². The predicted molar refractivity (Wildman–Crippen MR) is 179 cm³/mol. The van der Waals surface area contributed by atoms with Crippen LogP contribution in [0.1, 0.15) is 125 Å². The van der Waals surface area contributed by atoms with E-state index in [9.17, 15) is 9.59 Å². The summed E-state index contributed by atoms with van der Waals surface area (Å²) in [6.45, 7) is 26.7. The molecule has 3 rings (SSSR count). The molecule has 4 heteroatoms. The number of nitrogens with two attached hydrogens (primary N) is 1. The molecule has 3 aromatic carbocycles. The Morgan fingerprint density at radius 3 is 1.70 bits per heavy atom. The fourth-order valence-corrected chi connectivity index (χ4v) is 2.89. The number of Topliss-reactive ketones (excluding diaryl/α,β-unsaturated/α-hetero) is 2. The lowest BCUT2D eigenvalue weighted by Gasteiger charge is -2.22. The highest BCUT2D eigenvalue weighted by atomic mass is 16.1. The van der Waals surface area contributed by atoms with Crippen LogP contribution < -0.4 is 11.1 Å². The van der Waals surface area contributed by atoms with E-state index in [0.29, 0.717) is 11.8 Å². The van der Waals surface area contributed by atoms with Crippen molar-refractivity contribution in [3.05, 3.63) is 71.8 Å². The lowest BCUT2D eigenvalue weighted by molar-refractivity contribution is -0.116. The minimum absolute atomic E-state index is 0.0802. The van der Waals surface area contributed by atoms with Gasteiger partial charge < -0.3 is 15.8 Å². The van der Waals surface area contributed by atoms with Gasteiger partial charge in [0, 0.05) is 34.8 Å². The van der Waals surface area contributed by atoms with Gasteiger partial charge in [0.1, 0.15) is 5.78 Å². The minimum atomic E-state index is 0.0802. The zero-order valence-corrected chi connectivity index (χ0v) is 27.7. The Morgan fingerprint density at radius 1 is 0.825 bits per heavy atom. The van der Waals surface area contributed by atoms with Crippen molar-refractivity contribution in [3.63, 3.8) is 0 Å². The molecule has 0 aliphatic heterocycles. The molecule has 224 valence electrons. The molecule has 3 N–H and O–H groups in total. The number of anilines is 2. The molecule has 0 aliphatic carbocycles. The molecule has 0 saturated heterocycles. The monoisotopic (exact) mass is 550 g/mol. The van der Waals surface area contributed by atoms with Crippen LogP contribution in [-0.2, 0) is 4.79 Å². The molecule has 0 saturated carbocycles. The van der Waals surface area contributed by atoms with E-state index in [1.165, 1.54) is 6.42 Å². The van der Waals surface area contributed by atoms with Crippen molar-refractivity contribution in [2.75, 3.05) is 11.1 Å². The Bertz CT molecular complexity index is 1130. The summed E-state index contributed by atoms with van der Waals surface area (Å²) in [7, 11) is 0. The number of fused-ring (bicyclic) bond motifs is 1. The maximum atomic E-state index is 11.8. The summed E-state index contributed by atoms with van der Waals surface area (Å²) < 4.78 is 0. The number of carbonyl (C=O) groups excluding carboxylic acids is 2. The van der Waals surface area contributed by atoms with Crippen molar-refractivity contribution >= 4 is 33.7 Å². The first-order valence-electron chi connectivity index (χ1n) is 14.8. The van der Waals surface area contributed by atoms with E-state index in [4.69, 9.17) is 5.73 Å². The van der Waals surface area contributed by atoms with Gasteiger partial charge in [-0.05, 0) is 61.3 Å². The van der Waals surface area contributed by atoms with Gasteiger partial charge in [-0.2, -0.15) is 0 Å². The molecule has 0 amide bonds. The first kappa shape index (κ1) is 39.0. The topological polar surface area (TPSA) is 72.2 Å². The summed E-state index contributed by atoms with van der Waals surface area (Å²) in [5.74, 6) is 1.13. The van der Waals surface area contributed by atoms with Gasteiger partial charge in [-0.1, -0.05) is 118 Å². The van der Waals surface area contributed by atoms with Gasteiger partial charge >= 0.3 is 0 Å². The number of rotatable bonds is 5. The number of nitrogen functional groups attached to an aromatic ring is 1. The molecular formula is C36H58N2O2. The smallest absolute Gasteiger partial charge is 0.160 e. The van der Waals surface area contributed by atoms with Crippen molar-refractivity contribution in [1.29, 1.82) is 0 Å². The molecule has 0 heterocycles. The van der Waals surface area contributed by atoms with Crippen LogP contribution in [0.5, 0.6) is 0 Å². The van der Waals surface area contributed by atoms with Gasteiger partial charge in [-0.3, -0.25) is 4.79 Å². The summed E-state index contributed by atoms with van der Waals surface area (Å²) in [5.41, 5.74) is 10.0. The molecule has 0 aromatic heterocycles. The fourth-order valence-electron chi connectivity index (χ4n) is 2.89. The van der Waals surface area contributed by atoms with Gasteiger partial charge in [-0.15, -0.1) is 0 Å². The van der Waals surface area contributed by atoms with Crippen LogP contribution in [0.2, 0.25) is 0 Å². The second-order valence-corrected chi connectivity index (χ2v) is 11.1. The lowest BCUT2D eigenvalue weighted by atomic mass is 9.84. The zero-order chi connectivity index (χ0) is 31.5. The van der Waals surface area contributed by atoms with Gasteiger partial charge in [0.05, 0.1) is 0 Å². The summed E-state index contributed by atoms with van der Waals surface area (Å²) in [6, 6.07) is 19.8. The van der Waals surface area contributed by atoms with E-state index in [1.807, 2.05) is 75.4 Å². The first-order valence-corrected chi connectivity index (χ1v) is 14.8. The van der Waals surface area contributed by atoms with Crippen LogP contribution in [0.4, 0.5) is 11.4 Å². The molecule has 0 radical (unpaired) electrons. The van der Waals surface area contributed by atoms with Gasteiger partial charge in [0.15, 0.2) is 5.78 Å². The van der Waals surface area contributed by atoms with Crippen LogP contribution in [-0.4, -0.2) is 11.6 Å². The number of nitrogens with one attached hydrogen (secondary N) is 1. The highest BCUT2D eigenvalue weighted by molar-refractivity contribution is 6.09. The third-order valence-electron chi connectivity index (χ3n) is 6.31. The average molecular weight is 551 g/mol. The van der Waals surface area contributed by atoms with Crippen LogP contribution in [0.3, 0.4) is 0 Å². The maximum absolute atomic E-state index is 11.8. The molecular weight excluding hydrogens is 492 g/mol. The average Bonchev–Trinajstić information content (AvgIpc) is 2.90. The molecule has 40 heavy (non-hydrogen) atoms. The standard InChI is InChI=1S/C20H20N2O.C7H16.C4H8O.C3H8.C2H6/c1-13(15-6-3-7-16(21)12-15)22-20-11-5-9-18-17(14(2)23)8-4-10-19(18)20;1-6(2)7(3,4)5;1-3-4(2)5;1-3-2;1-2/h3-13,22H,21H2,1-2H3;6H,1-5H3;3H2,1-2H3;3H2,1-2H3;1-2H3. The molecule has 1 unspecified atom stereocenters. The Hall–Kier alpha value is -3.14. The molecule has 0 bridgehead atoms. The molecule has 0 spiro atoms. The van der Waals surface area contributed by atoms with E-state index in [2.05, 4.69) is 66.8 Å². The van der Waals surface area contributed by atoms with Gasteiger partial charge in [0.2, 0.25) is 0 Å². The van der Waals surface area contributed by atoms with Crippen molar-refractivity contribution in [1.82, 2.24) is 0 Å². The largest absolute Gasteiger partial charge is 0.399 e. The normalized spacial score (nSPS) is 10.8. The van der Waals surface area contributed by atoms with Gasteiger partial charge in [-0.25, -0.2) is 0 Å². The molecule has 3 aromatic rings. The van der Waals surface area contributed by atoms with E-state index in [1.54, 1.807) is 13.8 Å². The molecule has 1 atom stereocenters. The summed E-state index contributed by atoms with van der Waals surface area (Å²) in [5, 5.41) is 5.56.